The number of ketones is 1. The van der Waals surface area contributed by atoms with Gasteiger partial charge in [0.15, 0.2) is 21.7 Å². The molecular formula is C15H2N8O. The van der Waals surface area contributed by atoms with Gasteiger partial charge >= 0.3 is 0 Å². The molecule has 2 saturated carbocycles. The molecule has 0 aromatic rings. The highest BCUT2D eigenvalue weighted by atomic mass is 16.1. The minimum absolute atomic E-state index is 1.12. The Morgan fingerprint density at radius 1 is 0.500 bits per heavy atom. The van der Waals surface area contributed by atoms with Gasteiger partial charge in [0.25, 0.3) is 0 Å². The fourth-order valence-corrected chi connectivity index (χ4v) is 3.29. The van der Waals surface area contributed by atoms with Crippen molar-refractivity contribution in [1.29, 1.82) is 42.1 Å². The quantitative estimate of drug-likeness (QED) is 0.668. The van der Waals surface area contributed by atoms with E-state index in [4.69, 9.17) is 0 Å². The van der Waals surface area contributed by atoms with Gasteiger partial charge in [0.2, 0.25) is 0 Å². The third kappa shape index (κ3) is 1.13. The standard InChI is InChI=1S/C15H2N8O/c16-1-12(2-17)10(13(12,3-18)4-19)9(24)11-14(5-20,6-21)15(11,7-22)8-23/h10-11H. The molecule has 0 heterocycles. The first-order valence-electron chi connectivity index (χ1n) is 6.23. The van der Waals surface area contributed by atoms with Crippen LogP contribution in [-0.2, 0) is 4.79 Å². The molecule has 0 aromatic carbocycles. The van der Waals surface area contributed by atoms with Crippen LogP contribution in [0, 0.1) is 124 Å². The third-order valence-corrected chi connectivity index (χ3v) is 4.79. The minimum Gasteiger partial charge on any atom is -0.299 e. The predicted octanol–water partition coefficient (Wildman–Crippen LogP) is -0.0507. The van der Waals surface area contributed by atoms with E-state index >= 15 is 0 Å². The fourth-order valence-electron chi connectivity index (χ4n) is 3.29. The van der Waals surface area contributed by atoms with Crippen LogP contribution in [0.3, 0.4) is 0 Å². The zero-order valence-corrected chi connectivity index (χ0v) is 11.6. The summed E-state index contributed by atoms with van der Waals surface area (Å²) in [5.74, 6) is -4.55. The molecule has 0 saturated heterocycles. The van der Waals surface area contributed by atoms with Crippen molar-refractivity contribution >= 4 is 5.78 Å². The van der Waals surface area contributed by atoms with Crippen molar-refractivity contribution in [1.82, 2.24) is 0 Å². The van der Waals surface area contributed by atoms with Gasteiger partial charge in [-0.2, -0.15) is 42.1 Å². The topological polar surface area (TPSA) is 207 Å². The summed E-state index contributed by atoms with van der Waals surface area (Å²) >= 11 is 0. The molecule has 0 aliphatic heterocycles. The largest absolute Gasteiger partial charge is 0.299 e. The number of nitriles is 8. The van der Waals surface area contributed by atoms with E-state index in [-0.39, 0.29) is 0 Å². The Morgan fingerprint density at radius 2 is 0.667 bits per heavy atom. The number of carbonyl (C=O) groups excluding carboxylic acids is 1. The lowest BCUT2D eigenvalue weighted by atomic mass is 9.98. The molecule has 0 unspecified atom stereocenters. The van der Waals surface area contributed by atoms with Crippen molar-refractivity contribution in [2.24, 2.45) is 33.5 Å². The van der Waals surface area contributed by atoms with Crippen LogP contribution in [0.5, 0.6) is 0 Å². The van der Waals surface area contributed by atoms with Gasteiger partial charge in [-0.25, -0.2) is 0 Å². The van der Waals surface area contributed by atoms with Crippen LogP contribution < -0.4 is 0 Å². The highest BCUT2D eigenvalue weighted by Crippen LogP contribution is 2.75. The Hall–Kier alpha value is -4.41. The van der Waals surface area contributed by atoms with Crippen LogP contribution in [0.15, 0.2) is 0 Å². The minimum atomic E-state index is -2.26. The summed E-state index contributed by atoms with van der Waals surface area (Å²) in [6.45, 7) is 0. The molecule has 2 aliphatic carbocycles. The van der Waals surface area contributed by atoms with Gasteiger partial charge in [-0.05, 0) is 0 Å². The number of nitrogens with zero attached hydrogens (tertiary/aromatic N) is 8. The molecule has 9 nitrogen and oxygen atoms in total. The number of rotatable bonds is 2. The zero-order chi connectivity index (χ0) is 18.4. The van der Waals surface area contributed by atoms with Gasteiger partial charge in [-0.15, -0.1) is 0 Å². The fraction of sp³-hybridized carbons (Fsp3) is 0.400. The van der Waals surface area contributed by atoms with Crippen molar-refractivity contribution in [2.45, 2.75) is 0 Å². The molecule has 2 rings (SSSR count). The van der Waals surface area contributed by atoms with Crippen LogP contribution in [0.2, 0.25) is 0 Å². The van der Waals surface area contributed by atoms with E-state index in [2.05, 4.69) is 0 Å². The second-order valence-corrected chi connectivity index (χ2v) is 5.39. The van der Waals surface area contributed by atoms with E-state index in [0.717, 1.165) is 0 Å². The van der Waals surface area contributed by atoms with Crippen molar-refractivity contribution in [3.8, 4) is 48.6 Å². The summed E-state index contributed by atoms with van der Waals surface area (Å²) in [7, 11) is 0. The van der Waals surface area contributed by atoms with Crippen LogP contribution in [0.1, 0.15) is 0 Å². The number of carbonyl (C=O) groups is 1. The highest BCUT2D eigenvalue weighted by Gasteiger charge is 2.91. The average molecular weight is 310 g/mol. The molecule has 0 radical (unpaired) electrons. The van der Waals surface area contributed by atoms with Crippen LogP contribution in [0.25, 0.3) is 0 Å². The Kier molecular flexibility index (Phi) is 2.86. The van der Waals surface area contributed by atoms with Gasteiger partial charge in [-0.3, -0.25) is 4.79 Å². The number of hydrogen-bond acceptors (Lipinski definition) is 9. The SMILES string of the molecule is N#CC1(C#N)C(C(=O)C2C(C#N)(C#N)C2(C#N)C#N)C1(C#N)C#N. The summed E-state index contributed by atoms with van der Waals surface area (Å²) in [5.41, 5.74) is -9.04. The smallest absolute Gasteiger partial charge is 0.188 e. The van der Waals surface area contributed by atoms with E-state index in [1.165, 1.54) is 48.6 Å². The first-order valence-corrected chi connectivity index (χ1v) is 6.23. The van der Waals surface area contributed by atoms with Gasteiger partial charge in [0.05, 0.1) is 60.4 Å². The Labute approximate surface area is 135 Å². The van der Waals surface area contributed by atoms with Gasteiger partial charge < -0.3 is 0 Å². The van der Waals surface area contributed by atoms with Crippen molar-refractivity contribution in [3.63, 3.8) is 0 Å². The Bertz CT molecular complexity index is 799. The summed E-state index contributed by atoms with van der Waals surface area (Å²) < 4.78 is 0. The van der Waals surface area contributed by atoms with Crippen LogP contribution >= 0.6 is 0 Å². The Morgan fingerprint density at radius 3 is 0.792 bits per heavy atom. The highest BCUT2D eigenvalue weighted by molar-refractivity contribution is 5.99. The van der Waals surface area contributed by atoms with Gasteiger partial charge in [0.1, 0.15) is 5.78 Å². The van der Waals surface area contributed by atoms with E-state index in [1.807, 2.05) is 0 Å². The second-order valence-electron chi connectivity index (χ2n) is 5.39. The first kappa shape index (κ1) is 16.0. The molecule has 108 valence electrons. The molecule has 2 aliphatic rings. The first-order chi connectivity index (χ1) is 11.4. The molecule has 9 heteroatoms. The molecule has 0 N–H and O–H groups in total. The molecule has 0 bridgehead atoms. The molecular weight excluding hydrogens is 308 g/mol. The molecule has 0 atom stereocenters. The summed E-state index contributed by atoms with van der Waals surface area (Å²) in [4.78, 5) is 12.7. The molecule has 0 spiro atoms. The number of Topliss-reactive ketones (excluding diaryl/α,β-unsaturated/α-hetero) is 1. The zero-order valence-electron chi connectivity index (χ0n) is 11.6. The van der Waals surface area contributed by atoms with Gasteiger partial charge in [0, 0.05) is 0 Å². The average Bonchev–Trinajstić information content (AvgIpc) is 3.46. The maximum atomic E-state index is 12.7. The molecule has 0 aromatic heterocycles. The monoisotopic (exact) mass is 310 g/mol. The van der Waals surface area contributed by atoms with Crippen molar-refractivity contribution < 1.29 is 4.79 Å². The maximum Gasteiger partial charge on any atom is 0.188 e. The molecule has 0 amide bonds. The summed E-state index contributed by atoms with van der Waals surface area (Å²) in [6, 6.07) is 11.8. The number of hydrogen-bond donors (Lipinski definition) is 0. The van der Waals surface area contributed by atoms with E-state index in [1.54, 1.807) is 0 Å². The van der Waals surface area contributed by atoms with Gasteiger partial charge in [-0.1, -0.05) is 0 Å². The van der Waals surface area contributed by atoms with Crippen LogP contribution in [0.4, 0.5) is 0 Å². The predicted molar refractivity (Wildman–Crippen MR) is 66.6 cm³/mol. The second kappa shape index (κ2) is 4.30. The lowest BCUT2D eigenvalue weighted by Gasteiger charge is -1.97. The van der Waals surface area contributed by atoms with Crippen molar-refractivity contribution in [2.75, 3.05) is 0 Å². The maximum absolute atomic E-state index is 12.7. The third-order valence-electron chi connectivity index (χ3n) is 4.79. The lowest BCUT2D eigenvalue weighted by Crippen LogP contribution is -2.15. The normalized spacial score (nSPS) is 23.0. The lowest BCUT2D eigenvalue weighted by molar-refractivity contribution is -0.122. The summed E-state index contributed by atoms with van der Waals surface area (Å²) in [6.07, 6.45) is 0. The molecule has 24 heavy (non-hydrogen) atoms. The summed E-state index contributed by atoms with van der Waals surface area (Å²) in [5, 5.41) is 73.4. The Balaban J connectivity index is 2.63. The van der Waals surface area contributed by atoms with E-state index in [0.29, 0.717) is 0 Å². The van der Waals surface area contributed by atoms with E-state index in [9.17, 15) is 46.9 Å². The van der Waals surface area contributed by atoms with E-state index < -0.39 is 39.3 Å². The van der Waals surface area contributed by atoms with Crippen molar-refractivity contribution in [3.05, 3.63) is 0 Å². The molecule has 2 fully saturated rings. The van der Waals surface area contributed by atoms with Crippen LogP contribution in [-0.4, -0.2) is 5.78 Å².